The monoisotopic (exact) mass is 437 g/mol. The first kappa shape index (κ1) is 18.4. The minimum absolute atomic E-state index is 0.0138. The van der Waals surface area contributed by atoms with Gasteiger partial charge < -0.3 is 10.1 Å². The van der Waals surface area contributed by atoms with Crippen LogP contribution in [-0.2, 0) is 4.74 Å². The Bertz CT molecular complexity index is 412. The third-order valence-electron chi connectivity index (χ3n) is 2.52. The quantitative estimate of drug-likeness (QED) is 0.557. The Labute approximate surface area is 137 Å². The van der Waals surface area contributed by atoms with E-state index in [9.17, 15) is 13.2 Å². The molecule has 1 heterocycles. The van der Waals surface area contributed by atoms with Crippen molar-refractivity contribution in [2.24, 2.45) is 0 Å². The van der Waals surface area contributed by atoms with Gasteiger partial charge >= 0.3 is 6.18 Å². The molecule has 1 N–H and O–H groups in total. The van der Waals surface area contributed by atoms with Gasteiger partial charge in [0.2, 0.25) is 0 Å². The average molecular weight is 439 g/mol. The number of halogens is 5. The van der Waals surface area contributed by atoms with Crippen LogP contribution in [0.3, 0.4) is 0 Å². The van der Waals surface area contributed by atoms with Crippen LogP contribution in [0.5, 0.6) is 0 Å². The first-order chi connectivity index (χ1) is 9.33. The van der Waals surface area contributed by atoms with Crippen LogP contribution in [-0.4, -0.2) is 25.9 Å². The molecule has 0 aromatic carbocycles. The summed E-state index contributed by atoms with van der Waals surface area (Å²) in [6.07, 6.45) is -2.81. The second-order valence-corrected chi connectivity index (χ2v) is 7.99. The zero-order valence-electron chi connectivity index (χ0n) is 10.9. The summed E-state index contributed by atoms with van der Waals surface area (Å²) in [7, 11) is 0. The van der Waals surface area contributed by atoms with Gasteiger partial charge in [-0.05, 0) is 62.9 Å². The predicted molar refractivity (Wildman–Crippen MR) is 82.2 cm³/mol. The van der Waals surface area contributed by atoms with Crippen LogP contribution in [0, 0.1) is 0 Å². The van der Waals surface area contributed by atoms with Crippen molar-refractivity contribution >= 4 is 43.2 Å². The van der Waals surface area contributed by atoms with Crippen molar-refractivity contribution in [1.82, 2.24) is 5.32 Å². The second-order valence-electron chi connectivity index (χ2n) is 4.24. The lowest BCUT2D eigenvalue weighted by molar-refractivity contribution is -0.174. The summed E-state index contributed by atoms with van der Waals surface area (Å²) in [6.45, 7) is 1.73. The molecule has 0 radical (unpaired) electrons. The largest absolute Gasteiger partial charge is 0.411 e. The van der Waals surface area contributed by atoms with E-state index in [1.54, 1.807) is 11.3 Å². The van der Waals surface area contributed by atoms with E-state index in [1.165, 1.54) is 0 Å². The molecule has 20 heavy (non-hydrogen) atoms. The normalized spacial score (nSPS) is 13.7. The summed E-state index contributed by atoms with van der Waals surface area (Å²) in [5.74, 6) is 0. The van der Waals surface area contributed by atoms with Crippen molar-refractivity contribution in [1.29, 1.82) is 0 Å². The summed E-state index contributed by atoms with van der Waals surface area (Å²) in [4.78, 5) is 0. The molecule has 0 spiro atoms. The smallest absolute Gasteiger partial charge is 0.372 e. The highest BCUT2D eigenvalue weighted by Gasteiger charge is 2.27. The van der Waals surface area contributed by atoms with Gasteiger partial charge in [-0.25, -0.2) is 0 Å². The SMILES string of the molecule is CCCNC(CCOCC(F)(F)F)c1cc(Br)sc1Br. The summed E-state index contributed by atoms with van der Waals surface area (Å²) in [5.41, 5.74) is 1.05. The summed E-state index contributed by atoms with van der Waals surface area (Å²) in [5, 5.41) is 3.33. The molecule has 1 rings (SSSR count). The Morgan fingerprint density at radius 1 is 1.40 bits per heavy atom. The zero-order chi connectivity index (χ0) is 15.2. The standard InChI is InChI=1S/C12H16Br2F3NOS/c1-2-4-18-9(3-5-19-7-12(15,16)17)8-6-10(13)20-11(8)14/h6,9,18H,2-5,7H2,1H3. The molecule has 1 atom stereocenters. The van der Waals surface area contributed by atoms with Crippen LogP contribution in [0.4, 0.5) is 13.2 Å². The summed E-state index contributed by atoms with van der Waals surface area (Å²) < 4.78 is 42.7. The van der Waals surface area contributed by atoms with E-state index >= 15 is 0 Å². The molecule has 8 heteroatoms. The fourth-order valence-electron chi connectivity index (χ4n) is 1.67. The third-order valence-corrected chi connectivity index (χ3v) is 4.90. The van der Waals surface area contributed by atoms with Gasteiger partial charge in [0.15, 0.2) is 0 Å². The molecule has 1 aromatic rings. The maximum absolute atomic E-state index is 12.0. The Kier molecular flexibility index (Phi) is 8.04. The van der Waals surface area contributed by atoms with E-state index < -0.39 is 12.8 Å². The van der Waals surface area contributed by atoms with Crippen molar-refractivity contribution in [3.05, 3.63) is 19.2 Å². The molecule has 0 aliphatic carbocycles. The molecular weight excluding hydrogens is 423 g/mol. The van der Waals surface area contributed by atoms with Crippen molar-refractivity contribution in [2.75, 3.05) is 19.8 Å². The van der Waals surface area contributed by atoms with Crippen molar-refractivity contribution in [2.45, 2.75) is 32.0 Å². The summed E-state index contributed by atoms with van der Waals surface area (Å²) >= 11 is 8.43. The fourth-order valence-corrected chi connectivity index (χ4v) is 4.64. The minimum Gasteiger partial charge on any atom is -0.372 e. The molecule has 0 bridgehead atoms. The van der Waals surface area contributed by atoms with Crippen LogP contribution in [0.2, 0.25) is 0 Å². The molecule has 1 unspecified atom stereocenters. The number of hydrogen-bond donors (Lipinski definition) is 1. The number of thiophene rings is 1. The van der Waals surface area contributed by atoms with Gasteiger partial charge in [0.05, 0.1) is 7.57 Å². The molecule has 116 valence electrons. The van der Waals surface area contributed by atoms with Gasteiger partial charge in [0.25, 0.3) is 0 Å². The Hall–Kier alpha value is 0.370. The Morgan fingerprint density at radius 3 is 2.60 bits per heavy atom. The fraction of sp³-hybridized carbons (Fsp3) is 0.667. The average Bonchev–Trinajstić information content (AvgIpc) is 2.66. The lowest BCUT2D eigenvalue weighted by Gasteiger charge is -2.18. The second kappa shape index (κ2) is 8.73. The first-order valence-corrected chi connectivity index (χ1v) is 8.56. The van der Waals surface area contributed by atoms with Crippen LogP contribution < -0.4 is 5.32 Å². The molecule has 0 aliphatic rings. The summed E-state index contributed by atoms with van der Waals surface area (Å²) in [6, 6.07) is 1.96. The molecule has 2 nitrogen and oxygen atoms in total. The highest BCUT2D eigenvalue weighted by Crippen LogP contribution is 2.36. The number of nitrogens with one attached hydrogen (secondary N) is 1. The molecule has 0 amide bonds. The Balaban J connectivity index is 2.54. The van der Waals surface area contributed by atoms with Crippen molar-refractivity contribution in [3.63, 3.8) is 0 Å². The molecule has 0 fully saturated rings. The zero-order valence-corrected chi connectivity index (χ0v) is 14.9. The van der Waals surface area contributed by atoms with Crippen LogP contribution >= 0.6 is 43.2 Å². The number of ether oxygens (including phenoxy) is 1. The van der Waals surface area contributed by atoms with Crippen molar-refractivity contribution in [3.8, 4) is 0 Å². The third kappa shape index (κ3) is 6.89. The maximum atomic E-state index is 12.0. The van der Waals surface area contributed by atoms with Crippen LogP contribution in [0.1, 0.15) is 31.4 Å². The first-order valence-electron chi connectivity index (χ1n) is 6.16. The van der Waals surface area contributed by atoms with Crippen molar-refractivity contribution < 1.29 is 17.9 Å². The van der Waals surface area contributed by atoms with Gasteiger partial charge in [-0.3, -0.25) is 0 Å². The highest BCUT2D eigenvalue weighted by atomic mass is 79.9. The highest BCUT2D eigenvalue weighted by molar-refractivity contribution is 9.12. The van der Waals surface area contributed by atoms with E-state index in [1.807, 2.05) is 13.0 Å². The van der Waals surface area contributed by atoms with E-state index in [4.69, 9.17) is 0 Å². The molecule has 0 saturated carbocycles. The van der Waals surface area contributed by atoms with E-state index in [2.05, 4.69) is 41.9 Å². The minimum atomic E-state index is -4.27. The maximum Gasteiger partial charge on any atom is 0.411 e. The molecule has 0 saturated heterocycles. The van der Waals surface area contributed by atoms with Gasteiger partial charge in [-0.15, -0.1) is 11.3 Å². The van der Waals surface area contributed by atoms with Crippen LogP contribution in [0.25, 0.3) is 0 Å². The predicted octanol–water partition coefficient (Wildman–Crippen LogP) is 5.28. The van der Waals surface area contributed by atoms with Gasteiger partial charge in [-0.1, -0.05) is 6.92 Å². The topological polar surface area (TPSA) is 21.3 Å². The number of hydrogen-bond acceptors (Lipinski definition) is 3. The van der Waals surface area contributed by atoms with E-state index in [-0.39, 0.29) is 12.6 Å². The van der Waals surface area contributed by atoms with Gasteiger partial charge in [-0.2, -0.15) is 13.2 Å². The number of alkyl halides is 3. The van der Waals surface area contributed by atoms with Gasteiger partial charge in [0, 0.05) is 12.6 Å². The van der Waals surface area contributed by atoms with E-state index in [0.717, 1.165) is 26.1 Å². The van der Waals surface area contributed by atoms with E-state index in [0.29, 0.717) is 6.42 Å². The molecule has 1 aromatic heterocycles. The number of rotatable bonds is 8. The Morgan fingerprint density at radius 2 is 2.10 bits per heavy atom. The molecule has 0 aliphatic heterocycles. The lowest BCUT2D eigenvalue weighted by atomic mass is 10.1. The van der Waals surface area contributed by atoms with Crippen LogP contribution in [0.15, 0.2) is 13.6 Å². The molecular formula is C12H16Br2F3NOS. The lowest BCUT2D eigenvalue weighted by Crippen LogP contribution is -2.24. The van der Waals surface area contributed by atoms with Gasteiger partial charge in [0.1, 0.15) is 6.61 Å².